The maximum absolute atomic E-state index is 5.97. The molecule has 6 heteroatoms. The predicted octanol–water partition coefficient (Wildman–Crippen LogP) is 3.24. The molecule has 1 heterocycles. The van der Waals surface area contributed by atoms with Crippen LogP contribution in [0, 0.1) is 11.8 Å². The van der Waals surface area contributed by atoms with Gasteiger partial charge in [0.25, 0.3) is 0 Å². The summed E-state index contributed by atoms with van der Waals surface area (Å²) in [5, 5.41) is 10.2. The highest BCUT2D eigenvalue weighted by atomic mass is 32.2. The van der Waals surface area contributed by atoms with Crippen LogP contribution in [-0.2, 0) is 0 Å². The normalized spacial score (nSPS) is 26.7. The number of nitrogens with zero attached hydrogens (tertiary/aromatic N) is 3. The van der Waals surface area contributed by atoms with Gasteiger partial charge in [0.05, 0.1) is 0 Å². The molecule has 0 bridgehead atoms. The van der Waals surface area contributed by atoms with Crippen molar-refractivity contribution in [1.29, 1.82) is 0 Å². The van der Waals surface area contributed by atoms with Gasteiger partial charge in [-0.1, -0.05) is 49.3 Å². The molecule has 1 aliphatic carbocycles. The summed E-state index contributed by atoms with van der Waals surface area (Å²) in [7, 11) is 4.02. The molecule has 0 spiro atoms. The summed E-state index contributed by atoms with van der Waals surface area (Å²) in [6, 6.07) is 0. The largest absolute Gasteiger partial charge is 0.353 e. The topological polar surface area (TPSA) is 55.0 Å². The minimum Gasteiger partial charge on any atom is -0.353 e. The molecule has 0 amide bonds. The maximum atomic E-state index is 5.97. The van der Waals surface area contributed by atoms with Crippen molar-refractivity contribution < 1.29 is 0 Å². The fourth-order valence-corrected chi connectivity index (χ4v) is 5.36. The zero-order valence-electron chi connectivity index (χ0n) is 12.7. The second kappa shape index (κ2) is 7.61. The van der Waals surface area contributed by atoms with Gasteiger partial charge >= 0.3 is 0 Å². The Labute approximate surface area is 130 Å². The number of hydrogen-bond donors (Lipinski definition) is 1. The van der Waals surface area contributed by atoms with Crippen LogP contribution in [0.4, 0.5) is 5.13 Å². The van der Waals surface area contributed by atoms with Crippen LogP contribution < -0.4 is 10.6 Å². The average Bonchev–Trinajstić information content (AvgIpc) is 2.88. The molecule has 1 aromatic rings. The van der Waals surface area contributed by atoms with E-state index in [1.807, 2.05) is 30.8 Å². The van der Waals surface area contributed by atoms with E-state index >= 15 is 0 Å². The first-order valence-electron chi connectivity index (χ1n) is 7.51. The number of hydrogen-bond acceptors (Lipinski definition) is 6. The Morgan fingerprint density at radius 2 is 2.15 bits per heavy atom. The summed E-state index contributed by atoms with van der Waals surface area (Å²) >= 11 is 3.59. The first-order chi connectivity index (χ1) is 9.63. The standard InChI is InChI=1S/C14H26N4S2/c1-4-5-10-6-7-11(9-15)12(8-10)19-14-17-16-13(20-14)18(2)3/h10-12H,4-9,15H2,1-3H3. The maximum Gasteiger partial charge on any atom is 0.208 e. The fraction of sp³-hybridized carbons (Fsp3) is 0.857. The summed E-state index contributed by atoms with van der Waals surface area (Å²) in [4.78, 5) is 2.02. The molecule has 1 fully saturated rings. The number of rotatable bonds is 6. The van der Waals surface area contributed by atoms with Gasteiger partial charge in [-0.15, -0.1) is 10.2 Å². The highest BCUT2D eigenvalue weighted by Gasteiger charge is 2.30. The molecular weight excluding hydrogens is 288 g/mol. The van der Waals surface area contributed by atoms with Crippen molar-refractivity contribution in [2.24, 2.45) is 17.6 Å². The van der Waals surface area contributed by atoms with Gasteiger partial charge in [-0.3, -0.25) is 0 Å². The van der Waals surface area contributed by atoms with Gasteiger partial charge in [-0.2, -0.15) is 0 Å². The third kappa shape index (κ3) is 4.09. The van der Waals surface area contributed by atoms with Crippen molar-refractivity contribution >= 4 is 28.2 Å². The molecule has 0 aromatic carbocycles. The first kappa shape index (κ1) is 16.0. The molecule has 3 unspecified atom stereocenters. The van der Waals surface area contributed by atoms with E-state index in [0.29, 0.717) is 11.2 Å². The summed E-state index contributed by atoms with van der Waals surface area (Å²) < 4.78 is 1.09. The fourth-order valence-electron chi connectivity index (χ4n) is 2.92. The number of anilines is 1. The van der Waals surface area contributed by atoms with Crippen LogP contribution in [-0.4, -0.2) is 36.1 Å². The van der Waals surface area contributed by atoms with E-state index in [9.17, 15) is 0 Å². The van der Waals surface area contributed by atoms with Gasteiger partial charge in [-0.05, 0) is 31.2 Å². The van der Waals surface area contributed by atoms with Crippen molar-refractivity contribution in [3.8, 4) is 0 Å². The molecule has 20 heavy (non-hydrogen) atoms. The molecule has 3 atom stereocenters. The molecule has 0 radical (unpaired) electrons. The second-order valence-corrected chi connectivity index (χ2v) is 8.31. The minimum absolute atomic E-state index is 0.619. The van der Waals surface area contributed by atoms with Crippen molar-refractivity contribution in [3.05, 3.63) is 0 Å². The van der Waals surface area contributed by atoms with Crippen molar-refractivity contribution in [3.63, 3.8) is 0 Å². The lowest BCUT2D eigenvalue weighted by Crippen LogP contribution is -2.32. The molecule has 0 aliphatic heterocycles. The highest BCUT2D eigenvalue weighted by Crippen LogP contribution is 2.42. The summed E-state index contributed by atoms with van der Waals surface area (Å²) in [5.41, 5.74) is 5.97. The summed E-state index contributed by atoms with van der Waals surface area (Å²) in [6.07, 6.45) is 6.56. The monoisotopic (exact) mass is 314 g/mol. The van der Waals surface area contributed by atoms with E-state index in [1.165, 1.54) is 32.1 Å². The molecule has 4 nitrogen and oxygen atoms in total. The average molecular weight is 315 g/mol. The SMILES string of the molecule is CCCC1CCC(CN)C(Sc2nnc(N(C)C)s2)C1. The predicted molar refractivity (Wildman–Crippen MR) is 88.7 cm³/mol. The highest BCUT2D eigenvalue weighted by molar-refractivity contribution is 8.01. The zero-order chi connectivity index (χ0) is 14.5. The van der Waals surface area contributed by atoms with Crippen LogP contribution in [0.25, 0.3) is 0 Å². The van der Waals surface area contributed by atoms with Crippen LogP contribution in [0.1, 0.15) is 39.0 Å². The van der Waals surface area contributed by atoms with Crippen LogP contribution in [0.5, 0.6) is 0 Å². The third-order valence-corrected chi connectivity index (χ3v) is 6.66. The van der Waals surface area contributed by atoms with Crippen molar-refractivity contribution in [1.82, 2.24) is 10.2 Å². The van der Waals surface area contributed by atoms with E-state index in [1.54, 1.807) is 11.3 Å². The Balaban J connectivity index is 1.99. The van der Waals surface area contributed by atoms with Gasteiger partial charge in [0, 0.05) is 19.3 Å². The number of aromatic nitrogens is 2. The minimum atomic E-state index is 0.619. The number of nitrogens with two attached hydrogens (primary N) is 1. The van der Waals surface area contributed by atoms with Crippen LogP contribution in [0.2, 0.25) is 0 Å². The molecule has 1 aliphatic rings. The van der Waals surface area contributed by atoms with Crippen LogP contribution in [0.15, 0.2) is 4.34 Å². The van der Waals surface area contributed by atoms with Gasteiger partial charge < -0.3 is 10.6 Å². The van der Waals surface area contributed by atoms with E-state index in [-0.39, 0.29) is 0 Å². The summed E-state index contributed by atoms with van der Waals surface area (Å²) in [6.45, 7) is 3.08. The Morgan fingerprint density at radius 3 is 2.75 bits per heavy atom. The quantitative estimate of drug-likeness (QED) is 0.873. The van der Waals surface area contributed by atoms with Gasteiger partial charge in [-0.25, -0.2) is 0 Å². The third-order valence-electron chi connectivity index (χ3n) is 4.07. The van der Waals surface area contributed by atoms with Gasteiger partial charge in [0.1, 0.15) is 0 Å². The van der Waals surface area contributed by atoms with Gasteiger partial charge in [0.15, 0.2) is 4.34 Å². The van der Waals surface area contributed by atoms with Crippen molar-refractivity contribution in [2.45, 2.75) is 48.6 Å². The van der Waals surface area contributed by atoms with E-state index in [4.69, 9.17) is 5.73 Å². The van der Waals surface area contributed by atoms with E-state index < -0.39 is 0 Å². The molecular formula is C14H26N4S2. The second-order valence-electron chi connectivity index (χ2n) is 5.86. The van der Waals surface area contributed by atoms with E-state index in [0.717, 1.165) is 21.9 Å². The molecule has 2 rings (SSSR count). The smallest absolute Gasteiger partial charge is 0.208 e. The lowest BCUT2D eigenvalue weighted by Gasteiger charge is -2.34. The molecule has 114 valence electrons. The Kier molecular flexibility index (Phi) is 6.11. The number of thioether (sulfide) groups is 1. The Bertz CT molecular complexity index is 408. The molecule has 2 N–H and O–H groups in total. The van der Waals surface area contributed by atoms with Crippen LogP contribution >= 0.6 is 23.1 Å². The molecule has 0 saturated heterocycles. The first-order valence-corrected chi connectivity index (χ1v) is 9.21. The Hall–Kier alpha value is -0.330. The lowest BCUT2D eigenvalue weighted by atomic mass is 9.80. The van der Waals surface area contributed by atoms with Gasteiger partial charge in [0.2, 0.25) is 5.13 Å². The molecule has 1 saturated carbocycles. The van der Waals surface area contributed by atoms with Crippen LogP contribution in [0.3, 0.4) is 0 Å². The Morgan fingerprint density at radius 1 is 1.35 bits per heavy atom. The lowest BCUT2D eigenvalue weighted by molar-refractivity contribution is 0.276. The summed E-state index contributed by atoms with van der Waals surface area (Å²) in [5.74, 6) is 1.52. The molecule has 1 aromatic heterocycles. The zero-order valence-corrected chi connectivity index (χ0v) is 14.3. The van der Waals surface area contributed by atoms with E-state index in [2.05, 4.69) is 17.1 Å². The van der Waals surface area contributed by atoms with Crippen molar-refractivity contribution in [2.75, 3.05) is 25.5 Å².